The zero-order valence-electron chi connectivity index (χ0n) is 13.2. The molecule has 5 nitrogen and oxygen atoms in total. The van der Waals surface area contributed by atoms with Crippen molar-refractivity contribution in [1.82, 2.24) is 9.42 Å². The molecule has 2 aliphatic rings. The summed E-state index contributed by atoms with van der Waals surface area (Å²) in [5.41, 5.74) is 1.56. The molecule has 1 amide bonds. The Labute approximate surface area is 147 Å². The van der Waals surface area contributed by atoms with Crippen molar-refractivity contribution in [3.8, 4) is 0 Å². The first-order chi connectivity index (χ1) is 10.6. The molecule has 1 saturated heterocycles. The highest BCUT2D eigenvalue weighted by molar-refractivity contribution is 7.92. The van der Waals surface area contributed by atoms with Crippen molar-refractivity contribution in [2.24, 2.45) is 5.92 Å². The van der Waals surface area contributed by atoms with E-state index in [-0.39, 0.29) is 31.1 Å². The van der Waals surface area contributed by atoms with Crippen LogP contribution in [0.5, 0.6) is 0 Å². The molecule has 0 saturated carbocycles. The smallest absolute Gasteiger partial charge is 0.232 e. The number of hydrogen-bond acceptors (Lipinski definition) is 5. The van der Waals surface area contributed by atoms with Crippen LogP contribution >= 0.6 is 25.7 Å². The molecular formula is C15H22FN3O2S2. The standard InChI is InChI=1S/C15H20FN3O2S.H2S/c1-18(22-21-2)19-7-5-10(6-8-19)14-12-4-3-11(16)9-13(12)17-15(14)20;/h3-4,9-10,14H,5-8H2,1-2H3,(H,17,20);1H2. The van der Waals surface area contributed by atoms with E-state index < -0.39 is 0 Å². The summed E-state index contributed by atoms with van der Waals surface area (Å²) in [6.07, 6.45) is 1.87. The summed E-state index contributed by atoms with van der Waals surface area (Å²) < 4.78 is 20.3. The van der Waals surface area contributed by atoms with Crippen LogP contribution < -0.4 is 5.32 Å². The van der Waals surface area contributed by atoms with Gasteiger partial charge in [-0.2, -0.15) is 17.9 Å². The minimum atomic E-state index is -0.312. The van der Waals surface area contributed by atoms with Crippen LogP contribution in [0.15, 0.2) is 18.2 Å². The van der Waals surface area contributed by atoms with Gasteiger partial charge in [-0.15, -0.1) is 0 Å². The van der Waals surface area contributed by atoms with Crippen molar-refractivity contribution in [2.45, 2.75) is 18.8 Å². The number of hydrogen-bond donors (Lipinski definition) is 1. The third-order valence-electron chi connectivity index (χ3n) is 4.46. The molecule has 128 valence electrons. The summed E-state index contributed by atoms with van der Waals surface area (Å²) in [6.45, 7) is 1.77. The molecule has 1 N–H and O–H groups in total. The van der Waals surface area contributed by atoms with Gasteiger partial charge in [-0.25, -0.2) is 9.40 Å². The van der Waals surface area contributed by atoms with Gasteiger partial charge < -0.3 is 9.50 Å². The number of carbonyl (C=O) groups excluding carboxylic acids is 1. The number of fused-ring (bicyclic) bond motifs is 1. The highest BCUT2D eigenvalue weighted by Crippen LogP contribution is 2.41. The fourth-order valence-electron chi connectivity index (χ4n) is 3.38. The SMILES string of the molecule is COSN(C)N1CCC(C2C(=O)Nc3cc(F)ccc32)CC1.S. The number of hydrazine groups is 1. The number of piperidine rings is 1. The van der Waals surface area contributed by atoms with Gasteiger partial charge >= 0.3 is 0 Å². The maximum Gasteiger partial charge on any atom is 0.232 e. The van der Waals surface area contributed by atoms with Crippen LogP contribution in [0.1, 0.15) is 24.3 Å². The number of anilines is 1. The molecule has 1 atom stereocenters. The maximum atomic E-state index is 13.3. The maximum absolute atomic E-state index is 13.3. The summed E-state index contributed by atoms with van der Waals surface area (Å²) in [7, 11) is 3.61. The highest BCUT2D eigenvalue weighted by Gasteiger charge is 2.38. The molecule has 1 fully saturated rings. The summed E-state index contributed by atoms with van der Waals surface area (Å²) in [6, 6.07) is 4.59. The second kappa shape index (κ2) is 7.85. The normalized spacial score (nSPS) is 21.9. The van der Waals surface area contributed by atoms with Crippen LogP contribution in [0.25, 0.3) is 0 Å². The number of rotatable bonds is 4. The van der Waals surface area contributed by atoms with Gasteiger partial charge in [0.15, 0.2) is 0 Å². The van der Waals surface area contributed by atoms with Crippen LogP contribution in [-0.4, -0.2) is 42.6 Å². The molecular weight excluding hydrogens is 337 g/mol. The van der Waals surface area contributed by atoms with Gasteiger partial charge in [-0.1, -0.05) is 6.07 Å². The van der Waals surface area contributed by atoms with Gasteiger partial charge in [0, 0.05) is 25.8 Å². The van der Waals surface area contributed by atoms with Crippen LogP contribution in [0.3, 0.4) is 0 Å². The summed E-state index contributed by atoms with van der Waals surface area (Å²) in [5.74, 6) is -0.173. The first kappa shape index (κ1) is 18.5. The number of amides is 1. The summed E-state index contributed by atoms with van der Waals surface area (Å²) >= 11 is 1.30. The highest BCUT2D eigenvalue weighted by atomic mass is 32.2. The van der Waals surface area contributed by atoms with Crippen molar-refractivity contribution in [3.05, 3.63) is 29.6 Å². The van der Waals surface area contributed by atoms with E-state index in [4.69, 9.17) is 4.18 Å². The molecule has 23 heavy (non-hydrogen) atoms. The Bertz CT molecular complexity index is 568. The minimum absolute atomic E-state index is 0. The van der Waals surface area contributed by atoms with Crippen LogP contribution in [0, 0.1) is 11.7 Å². The molecule has 2 aliphatic heterocycles. The molecule has 1 aromatic rings. The molecule has 1 unspecified atom stereocenters. The average Bonchev–Trinajstić information content (AvgIpc) is 2.82. The van der Waals surface area contributed by atoms with Gasteiger partial charge in [-0.3, -0.25) is 4.79 Å². The predicted molar refractivity (Wildman–Crippen MR) is 94.8 cm³/mol. The van der Waals surface area contributed by atoms with Crippen LogP contribution in [0.4, 0.5) is 10.1 Å². The van der Waals surface area contributed by atoms with Gasteiger partial charge in [0.1, 0.15) is 5.82 Å². The largest absolute Gasteiger partial charge is 0.325 e. The summed E-state index contributed by atoms with van der Waals surface area (Å²) in [5, 5.41) is 5.02. The Morgan fingerprint density at radius 1 is 1.39 bits per heavy atom. The molecule has 0 radical (unpaired) electrons. The Kier molecular flexibility index (Phi) is 6.33. The van der Waals surface area contributed by atoms with Crippen molar-refractivity contribution >= 4 is 37.3 Å². The molecule has 2 heterocycles. The van der Waals surface area contributed by atoms with E-state index in [1.807, 2.05) is 11.5 Å². The lowest BCUT2D eigenvalue weighted by molar-refractivity contribution is -0.118. The Balaban J connectivity index is 0.00000192. The number of nitrogens with zero attached hydrogens (tertiary/aromatic N) is 2. The zero-order chi connectivity index (χ0) is 15.7. The fraction of sp³-hybridized carbons (Fsp3) is 0.533. The first-order valence-electron chi connectivity index (χ1n) is 7.40. The van der Waals surface area contributed by atoms with Gasteiger partial charge in [0.05, 0.1) is 25.3 Å². The number of benzene rings is 1. The van der Waals surface area contributed by atoms with E-state index in [9.17, 15) is 9.18 Å². The van der Waals surface area contributed by atoms with E-state index in [2.05, 4.69) is 10.3 Å². The second-order valence-electron chi connectivity index (χ2n) is 5.70. The Morgan fingerprint density at radius 2 is 2.09 bits per heavy atom. The average molecular weight is 359 g/mol. The Morgan fingerprint density at radius 3 is 2.74 bits per heavy atom. The molecule has 0 bridgehead atoms. The third-order valence-corrected chi connectivity index (χ3v) is 5.05. The summed E-state index contributed by atoms with van der Waals surface area (Å²) in [4.78, 5) is 12.3. The monoisotopic (exact) mass is 359 g/mol. The van der Waals surface area contributed by atoms with Gasteiger partial charge in [-0.05, 0) is 36.5 Å². The van der Waals surface area contributed by atoms with Crippen molar-refractivity contribution in [3.63, 3.8) is 0 Å². The lowest BCUT2D eigenvalue weighted by Crippen LogP contribution is -2.43. The first-order valence-corrected chi connectivity index (χ1v) is 8.09. The predicted octanol–water partition coefficient (Wildman–Crippen LogP) is 2.74. The molecule has 8 heteroatoms. The van der Waals surface area contributed by atoms with Crippen molar-refractivity contribution < 1.29 is 13.4 Å². The lowest BCUT2D eigenvalue weighted by Gasteiger charge is -2.37. The van der Waals surface area contributed by atoms with Gasteiger partial charge in [0.25, 0.3) is 0 Å². The quantitative estimate of drug-likeness (QED) is 0.662. The van der Waals surface area contributed by atoms with E-state index in [0.717, 1.165) is 31.5 Å². The lowest BCUT2D eigenvalue weighted by atomic mass is 9.81. The number of halogens is 1. The molecule has 3 rings (SSSR count). The van der Waals surface area contributed by atoms with Crippen molar-refractivity contribution in [1.29, 1.82) is 0 Å². The number of nitrogens with one attached hydrogen (secondary N) is 1. The van der Waals surface area contributed by atoms with Gasteiger partial charge in [0.2, 0.25) is 5.91 Å². The fourth-order valence-corrected chi connectivity index (χ4v) is 3.86. The van der Waals surface area contributed by atoms with Crippen LogP contribution in [-0.2, 0) is 8.98 Å². The number of carbonyl (C=O) groups is 1. The van der Waals surface area contributed by atoms with E-state index in [0.29, 0.717) is 11.6 Å². The van der Waals surface area contributed by atoms with E-state index in [1.54, 1.807) is 13.2 Å². The minimum Gasteiger partial charge on any atom is -0.325 e. The molecule has 0 aromatic heterocycles. The molecule has 0 aliphatic carbocycles. The van der Waals surface area contributed by atoms with E-state index >= 15 is 0 Å². The van der Waals surface area contributed by atoms with Crippen LogP contribution in [0.2, 0.25) is 0 Å². The zero-order valence-corrected chi connectivity index (χ0v) is 15.0. The van der Waals surface area contributed by atoms with E-state index in [1.165, 1.54) is 24.4 Å². The second-order valence-corrected chi connectivity index (χ2v) is 6.71. The third kappa shape index (κ3) is 3.83. The molecule has 0 spiro atoms. The topological polar surface area (TPSA) is 44.8 Å². The Hall–Kier alpha value is -0.800. The molecule has 1 aromatic carbocycles. The van der Waals surface area contributed by atoms with Crippen molar-refractivity contribution in [2.75, 3.05) is 32.6 Å².